The summed E-state index contributed by atoms with van der Waals surface area (Å²) in [6.07, 6.45) is 0. The van der Waals surface area contributed by atoms with Crippen LogP contribution in [0.5, 0.6) is 5.75 Å². The molecule has 0 N–H and O–H groups in total. The van der Waals surface area contributed by atoms with Crippen LogP contribution in [-0.4, -0.2) is 11.3 Å². The van der Waals surface area contributed by atoms with Crippen LogP contribution in [0.1, 0.15) is 0 Å². The third-order valence-corrected chi connectivity index (χ3v) is 6.05. The highest BCUT2D eigenvalue weighted by Gasteiger charge is 2.28. The van der Waals surface area contributed by atoms with Gasteiger partial charge in [-0.15, -0.1) is 0 Å². The van der Waals surface area contributed by atoms with Crippen molar-refractivity contribution in [3.8, 4) is 5.75 Å². The summed E-state index contributed by atoms with van der Waals surface area (Å²) >= 11 is 3.10. The molecular formula is C20H16BrO2S+. The molecule has 3 aromatic carbocycles. The van der Waals surface area contributed by atoms with Gasteiger partial charge >= 0.3 is 5.97 Å². The van der Waals surface area contributed by atoms with Gasteiger partial charge in [-0.2, -0.15) is 0 Å². The highest BCUT2D eigenvalue weighted by molar-refractivity contribution is 9.09. The van der Waals surface area contributed by atoms with E-state index in [0.717, 1.165) is 0 Å². The molecule has 0 aliphatic carbocycles. The van der Waals surface area contributed by atoms with Crippen LogP contribution in [0, 0.1) is 0 Å². The molecule has 0 saturated heterocycles. The lowest BCUT2D eigenvalue weighted by Crippen LogP contribution is -2.09. The Labute approximate surface area is 153 Å². The van der Waals surface area contributed by atoms with Gasteiger partial charge in [0, 0.05) is 0 Å². The van der Waals surface area contributed by atoms with Crippen molar-refractivity contribution in [2.75, 3.05) is 5.33 Å². The molecule has 0 bridgehead atoms. The summed E-state index contributed by atoms with van der Waals surface area (Å²) in [5.74, 6) is 0.265. The molecule has 4 heteroatoms. The Morgan fingerprint density at radius 2 is 1.21 bits per heavy atom. The normalized spacial score (nSPS) is 10.6. The second-order valence-corrected chi connectivity index (χ2v) is 7.60. The molecule has 0 aromatic heterocycles. The zero-order valence-corrected chi connectivity index (χ0v) is 15.3. The minimum atomic E-state index is -0.298. The van der Waals surface area contributed by atoms with E-state index in [9.17, 15) is 4.79 Å². The molecule has 2 nitrogen and oxygen atoms in total. The molecule has 120 valence electrons. The summed E-state index contributed by atoms with van der Waals surface area (Å²) in [7, 11) is -0.187. The van der Waals surface area contributed by atoms with Crippen LogP contribution in [0.25, 0.3) is 0 Å². The first-order valence-corrected chi connectivity index (χ1v) is 9.83. The molecule has 3 aromatic rings. The fourth-order valence-electron chi connectivity index (χ4n) is 2.32. The van der Waals surface area contributed by atoms with E-state index in [2.05, 4.69) is 64.5 Å². The molecule has 0 spiro atoms. The number of ether oxygens (including phenoxy) is 1. The van der Waals surface area contributed by atoms with E-state index in [4.69, 9.17) is 4.74 Å². The Morgan fingerprint density at radius 1 is 0.750 bits per heavy atom. The Hall–Kier alpha value is -2.04. The number of rotatable bonds is 5. The summed E-state index contributed by atoms with van der Waals surface area (Å²) < 4.78 is 5.23. The topological polar surface area (TPSA) is 26.3 Å². The summed E-state index contributed by atoms with van der Waals surface area (Å²) in [5.41, 5.74) is 0. The van der Waals surface area contributed by atoms with E-state index in [-0.39, 0.29) is 22.2 Å². The van der Waals surface area contributed by atoms with Crippen molar-refractivity contribution in [3.63, 3.8) is 0 Å². The van der Waals surface area contributed by atoms with Crippen molar-refractivity contribution in [2.24, 2.45) is 0 Å². The smallest absolute Gasteiger partial charge is 0.321 e. The first kappa shape index (κ1) is 16.8. The molecule has 0 unspecified atom stereocenters. The average molecular weight is 400 g/mol. The summed E-state index contributed by atoms with van der Waals surface area (Å²) in [6.45, 7) is 0. The molecule has 0 atom stereocenters. The lowest BCUT2D eigenvalue weighted by molar-refractivity contribution is -0.131. The Bertz CT molecular complexity index is 749. The SMILES string of the molecule is O=C(CBr)Oc1ccc([S+](c2ccccc2)c2ccccc2)cc1. The fourth-order valence-corrected chi connectivity index (χ4v) is 4.52. The van der Waals surface area contributed by atoms with Gasteiger partial charge in [0.25, 0.3) is 0 Å². The van der Waals surface area contributed by atoms with Crippen LogP contribution < -0.4 is 4.74 Å². The molecule has 0 amide bonds. The number of carbonyl (C=O) groups is 1. The third kappa shape index (κ3) is 4.08. The van der Waals surface area contributed by atoms with Crippen LogP contribution in [-0.2, 0) is 15.7 Å². The van der Waals surface area contributed by atoms with Gasteiger partial charge in [0.05, 0.1) is 10.9 Å². The standard InChI is InChI=1S/C20H16BrO2S/c21-15-20(22)23-16-11-13-19(14-12-16)24(17-7-3-1-4-8-17)18-9-5-2-6-10-18/h1-14H,15H2/q+1. The van der Waals surface area contributed by atoms with Gasteiger partial charge < -0.3 is 4.74 Å². The summed E-state index contributed by atoms with van der Waals surface area (Å²) in [6, 6.07) is 28.6. The second kappa shape index (κ2) is 8.18. The van der Waals surface area contributed by atoms with E-state index >= 15 is 0 Å². The number of hydrogen-bond acceptors (Lipinski definition) is 2. The first-order chi connectivity index (χ1) is 11.8. The number of hydrogen-bond donors (Lipinski definition) is 0. The van der Waals surface area contributed by atoms with Crippen LogP contribution >= 0.6 is 15.9 Å². The fraction of sp³-hybridized carbons (Fsp3) is 0.0500. The zero-order valence-electron chi connectivity index (χ0n) is 12.9. The van der Waals surface area contributed by atoms with Gasteiger partial charge in [0.2, 0.25) is 0 Å². The van der Waals surface area contributed by atoms with Crippen molar-refractivity contribution in [1.29, 1.82) is 0 Å². The number of esters is 1. The van der Waals surface area contributed by atoms with Crippen LogP contribution in [0.4, 0.5) is 0 Å². The van der Waals surface area contributed by atoms with E-state index in [1.807, 2.05) is 36.4 Å². The Kier molecular flexibility index (Phi) is 5.72. The maximum Gasteiger partial charge on any atom is 0.321 e. The molecule has 24 heavy (non-hydrogen) atoms. The first-order valence-electron chi connectivity index (χ1n) is 7.49. The summed E-state index contributed by atoms with van der Waals surface area (Å²) in [4.78, 5) is 15.1. The minimum absolute atomic E-state index is 0.187. The monoisotopic (exact) mass is 399 g/mol. The van der Waals surface area contributed by atoms with Gasteiger partial charge in [0.15, 0.2) is 14.7 Å². The minimum Gasteiger partial charge on any atom is -0.426 e. The van der Waals surface area contributed by atoms with E-state index in [0.29, 0.717) is 5.75 Å². The van der Waals surface area contributed by atoms with E-state index in [1.165, 1.54) is 14.7 Å². The van der Waals surface area contributed by atoms with Gasteiger partial charge in [-0.25, -0.2) is 0 Å². The predicted octanol–water partition coefficient (Wildman–Crippen LogP) is 5.08. The maximum absolute atomic E-state index is 11.4. The van der Waals surface area contributed by atoms with Crippen LogP contribution in [0.3, 0.4) is 0 Å². The molecular weight excluding hydrogens is 384 g/mol. The van der Waals surface area contributed by atoms with Gasteiger partial charge in [-0.05, 0) is 48.5 Å². The number of halogens is 1. The zero-order chi connectivity index (χ0) is 16.8. The highest BCUT2D eigenvalue weighted by atomic mass is 79.9. The van der Waals surface area contributed by atoms with Crippen molar-refractivity contribution in [2.45, 2.75) is 14.7 Å². The average Bonchev–Trinajstić information content (AvgIpc) is 2.65. The Balaban J connectivity index is 1.96. The lowest BCUT2D eigenvalue weighted by atomic mass is 10.3. The third-order valence-electron chi connectivity index (χ3n) is 3.36. The maximum atomic E-state index is 11.4. The number of alkyl halides is 1. The largest absolute Gasteiger partial charge is 0.426 e. The molecule has 0 radical (unpaired) electrons. The number of carbonyl (C=O) groups excluding carboxylic acids is 1. The number of benzene rings is 3. The predicted molar refractivity (Wildman–Crippen MR) is 101 cm³/mol. The van der Waals surface area contributed by atoms with E-state index < -0.39 is 0 Å². The molecule has 0 aliphatic rings. The van der Waals surface area contributed by atoms with Crippen molar-refractivity contribution >= 4 is 32.8 Å². The molecule has 0 saturated carbocycles. The molecule has 3 rings (SSSR count). The van der Waals surface area contributed by atoms with Gasteiger partial charge in [0.1, 0.15) is 11.1 Å². The van der Waals surface area contributed by atoms with Crippen LogP contribution in [0.2, 0.25) is 0 Å². The highest BCUT2D eigenvalue weighted by Crippen LogP contribution is 2.31. The molecule has 0 heterocycles. The van der Waals surface area contributed by atoms with Crippen molar-refractivity contribution in [3.05, 3.63) is 84.9 Å². The quantitative estimate of drug-likeness (QED) is 0.258. The van der Waals surface area contributed by atoms with Crippen molar-refractivity contribution < 1.29 is 9.53 Å². The molecule has 0 aliphatic heterocycles. The summed E-state index contributed by atoms with van der Waals surface area (Å²) in [5, 5.41) is 0.188. The molecule has 0 fully saturated rings. The van der Waals surface area contributed by atoms with Gasteiger partial charge in [-0.1, -0.05) is 52.3 Å². The van der Waals surface area contributed by atoms with Gasteiger partial charge in [-0.3, -0.25) is 4.79 Å². The second-order valence-electron chi connectivity index (χ2n) is 5.01. The van der Waals surface area contributed by atoms with E-state index in [1.54, 1.807) is 0 Å². The van der Waals surface area contributed by atoms with Crippen LogP contribution in [0.15, 0.2) is 99.6 Å². The lowest BCUT2D eigenvalue weighted by Gasteiger charge is -2.08. The van der Waals surface area contributed by atoms with Crippen molar-refractivity contribution in [1.82, 2.24) is 0 Å². The Morgan fingerprint density at radius 3 is 1.67 bits per heavy atom.